The smallest absolute Gasteiger partial charge is 0.0802 e. The zero-order valence-electron chi connectivity index (χ0n) is 11.7. The van der Waals surface area contributed by atoms with E-state index in [2.05, 4.69) is 18.9 Å². The summed E-state index contributed by atoms with van der Waals surface area (Å²) in [5, 5.41) is 10.1. The number of nitrogens with zero attached hydrogens (tertiary/aromatic N) is 1. The summed E-state index contributed by atoms with van der Waals surface area (Å²) in [5.41, 5.74) is 2.22. The van der Waals surface area contributed by atoms with Crippen LogP contribution in [0.1, 0.15) is 30.6 Å². The van der Waals surface area contributed by atoms with E-state index < -0.39 is 0 Å². The molecule has 1 aromatic carbocycles. The highest BCUT2D eigenvalue weighted by Gasteiger charge is 2.08. The van der Waals surface area contributed by atoms with Crippen LogP contribution in [0.25, 0.3) is 0 Å². The molecular formula is C15H25NO2. The Morgan fingerprint density at radius 1 is 1.22 bits per heavy atom. The Morgan fingerprint density at radius 2 is 1.89 bits per heavy atom. The van der Waals surface area contributed by atoms with Crippen LogP contribution < -0.4 is 0 Å². The zero-order chi connectivity index (χ0) is 13.4. The van der Waals surface area contributed by atoms with Crippen molar-refractivity contribution >= 4 is 0 Å². The minimum atomic E-state index is -0.375. The summed E-state index contributed by atoms with van der Waals surface area (Å²) in [6.07, 6.45) is 0.381. The van der Waals surface area contributed by atoms with Crippen molar-refractivity contribution in [3.05, 3.63) is 35.4 Å². The van der Waals surface area contributed by atoms with Crippen LogP contribution in [0.15, 0.2) is 24.3 Å². The van der Waals surface area contributed by atoms with E-state index in [1.165, 1.54) is 5.56 Å². The minimum absolute atomic E-state index is 0.375. The van der Waals surface area contributed by atoms with E-state index in [0.29, 0.717) is 0 Å². The first kappa shape index (κ1) is 15.2. The fourth-order valence-electron chi connectivity index (χ4n) is 1.77. The first-order valence-electron chi connectivity index (χ1n) is 6.64. The maximum Gasteiger partial charge on any atom is 0.0802 e. The molecule has 1 aromatic rings. The molecule has 0 aliphatic rings. The van der Waals surface area contributed by atoms with E-state index in [4.69, 9.17) is 4.74 Å². The molecule has 0 amide bonds. The number of ether oxygens (including phenoxy) is 1. The number of aryl methyl sites for hydroxylation is 1. The zero-order valence-corrected chi connectivity index (χ0v) is 11.7. The molecule has 102 valence electrons. The number of likely N-dealkylation sites (N-methyl/N-ethyl adjacent to an activating group) is 1. The summed E-state index contributed by atoms with van der Waals surface area (Å²) in [6, 6.07) is 8.08. The fraction of sp³-hybridized carbons (Fsp3) is 0.600. The van der Waals surface area contributed by atoms with E-state index in [1.807, 2.05) is 31.2 Å². The molecule has 0 bridgehead atoms. The molecule has 0 spiro atoms. The van der Waals surface area contributed by atoms with Gasteiger partial charge in [-0.15, -0.1) is 0 Å². The van der Waals surface area contributed by atoms with E-state index >= 15 is 0 Å². The largest absolute Gasteiger partial charge is 0.388 e. The van der Waals surface area contributed by atoms with Crippen molar-refractivity contribution in [1.29, 1.82) is 0 Å². The predicted octanol–water partition coefficient (Wildman–Crippen LogP) is 2.39. The molecule has 0 saturated heterocycles. The lowest BCUT2D eigenvalue weighted by Gasteiger charge is -2.19. The second-order valence-corrected chi connectivity index (χ2v) is 4.72. The molecule has 1 unspecified atom stereocenters. The molecule has 0 radical (unpaired) electrons. The highest BCUT2D eigenvalue weighted by molar-refractivity contribution is 5.22. The van der Waals surface area contributed by atoms with Crippen molar-refractivity contribution in [2.24, 2.45) is 0 Å². The highest BCUT2D eigenvalue weighted by atomic mass is 16.5. The van der Waals surface area contributed by atoms with E-state index in [1.54, 1.807) is 0 Å². The normalized spacial score (nSPS) is 12.9. The molecule has 1 atom stereocenters. The molecule has 0 fully saturated rings. The Balaban J connectivity index is 2.27. The molecule has 1 rings (SSSR count). The highest BCUT2D eigenvalue weighted by Crippen LogP contribution is 2.17. The summed E-state index contributed by atoms with van der Waals surface area (Å²) in [7, 11) is 2.06. The van der Waals surface area contributed by atoms with Crippen molar-refractivity contribution in [2.75, 3.05) is 33.4 Å². The summed E-state index contributed by atoms with van der Waals surface area (Å²) in [4.78, 5) is 2.19. The second-order valence-electron chi connectivity index (χ2n) is 4.72. The molecule has 0 heterocycles. The predicted molar refractivity (Wildman–Crippen MR) is 74.7 cm³/mol. The van der Waals surface area contributed by atoms with Gasteiger partial charge in [-0.1, -0.05) is 29.8 Å². The molecule has 3 heteroatoms. The summed E-state index contributed by atoms with van der Waals surface area (Å²) >= 11 is 0. The Labute approximate surface area is 110 Å². The van der Waals surface area contributed by atoms with Gasteiger partial charge in [-0.25, -0.2) is 0 Å². The van der Waals surface area contributed by atoms with Gasteiger partial charge < -0.3 is 14.7 Å². The van der Waals surface area contributed by atoms with Gasteiger partial charge in [0.05, 0.1) is 12.7 Å². The quantitative estimate of drug-likeness (QED) is 0.720. The van der Waals surface area contributed by atoms with Gasteiger partial charge in [0.1, 0.15) is 0 Å². The second kappa shape index (κ2) is 8.25. The van der Waals surface area contributed by atoms with Gasteiger partial charge in [0.25, 0.3) is 0 Å². The fourth-order valence-corrected chi connectivity index (χ4v) is 1.77. The standard InChI is InChI=1S/C15H25NO2/c1-4-18-12-11-16(3)10-9-15(17)14-7-5-13(2)6-8-14/h5-8,15,17H,4,9-12H2,1-3H3. The number of aliphatic hydroxyl groups is 1. The molecule has 0 aliphatic heterocycles. The van der Waals surface area contributed by atoms with Crippen LogP contribution in [0.2, 0.25) is 0 Å². The van der Waals surface area contributed by atoms with Crippen LogP contribution in [-0.4, -0.2) is 43.4 Å². The maximum atomic E-state index is 10.1. The van der Waals surface area contributed by atoms with Crippen LogP contribution in [0.3, 0.4) is 0 Å². The summed E-state index contributed by atoms with van der Waals surface area (Å²) < 4.78 is 5.30. The first-order chi connectivity index (χ1) is 8.63. The van der Waals surface area contributed by atoms with E-state index in [9.17, 15) is 5.11 Å². The van der Waals surface area contributed by atoms with Crippen molar-refractivity contribution in [1.82, 2.24) is 4.90 Å². The van der Waals surface area contributed by atoms with Crippen molar-refractivity contribution in [3.63, 3.8) is 0 Å². The molecule has 18 heavy (non-hydrogen) atoms. The third-order valence-corrected chi connectivity index (χ3v) is 3.07. The molecule has 0 aliphatic carbocycles. The van der Waals surface area contributed by atoms with Gasteiger partial charge in [-0.3, -0.25) is 0 Å². The van der Waals surface area contributed by atoms with Gasteiger partial charge in [-0.2, -0.15) is 0 Å². The molecule has 1 N–H and O–H groups in total. The van der Waals surface area contributed by atoms with Crippen LogP contribution in [0.5, 0.6) is 0 Å². The van der Waals surface area contributed by atoms with Gasteiger partial charge in [-0.05, 0) is 32.9 Å². The SMILES string of the molecule is CCOCCN(C)CCC(O)c1ccc(C)cc1. The van der Waals surface area contributed by atoms with E-state index in [0.717, 1.165) is 38.3 Å². The van der Waals surface area contributed by atoms with Gasteiger partial charge in [0, 0.05) is 19.7 Å². The number of hydrogen-bond acceptors (Lipinski definition) is 3. The summed E-state index contributed by atoms with van der Waals surface area (Å²) in [6.45, 7) is 7.36. The number of aliphatic hydroxyl groups excluding tert-OH is 1. The lowest BCUT2D eigenvalue weighted by atomic mass is 10.0. The van der Waals surface area contributed by atoms with Crippen molar-refractivity contribution < 1.29 is 9.84 Å². The lowest BCUT2D eigenvalue weighted by molar-refractivity contribution is 0.109. The molecule has 0 aromatic heterocycles. The van der Waals surface area contributed by atoms with Gasteiger partial charge in [0.15, 0.2) is 0 Å². The van der Waals surface area contributed by atoms with Crippen LogP contribution in [-0.2, 0) is 4.74 Å². The maximum absolute atomic E-state index is 10.1. The average molecular weight is 251 g/mol. The average Bonchev–Trinajstić information content (AvgIpc) is 2.37. The van der Waals surface area contributed by atoms with Gasteiger partial charge >= 0.3 is 0 Å². The Kier molecular flexibility index (Phi) is 6.94. The van der Waals surface area contributed by atoms with Crippen molar-refractivity contribution in [3.8, 4) is 0 Å². The third kappa shape index (κ3) is 5.63. The Bertz CT molecular complexity index is 324. The molecule has 0 saturated carbocycles. The first-order valence-corrected chi connectivity index (χ1v) is 6.64. The third-order valence-electron chi connectivity index (χ3n) is 3.07. The Morgan fingerprint density at radius 3 is 2.50 bits per heavy atom. The van der Waals surface area contributed by atoms with Crippen molar-refractivity contribution in [2.45, 2.75) is 26.4 Å². The van der Waals surface area contributed by atoms with E-state index in [-0.39, 0.29) is 6.10 Å². The lowest BCUT2D eigenvalue weighted by Crippen LogP contribution is -2.25. The minimum Gasteiger partial charge on any atom is -0.388 e. The topological polar surface area (TPSA) is 32.7 Å². The monoisotopic (exact) mass is 251 g/mol. The van der Waals surface area contributed by atoms with Crippen LogP contribution in [0.4, 0.5) is 0 Å². The molecule has 3 nitrogen and oxygen atoms in total. The molecular weight excluding hydrogens is 226 g/mol. The van der Waals surface area contributed by atoms with Gasteiger partial charge in [0.2, 0.25) is 0 Å². The Hall–Kier alpha value is -0.900. The van der Waals surface area contributed by atoms with Crippen LogP contribution >= 0.6 is 0 Å². The number of benzene rings is 1. The number of rotatable bonds is 8. The van der Waals surface area contributed by atoms with Crippen LogP contribution in [0, 0.1) is 6.92 Å². The summed E-state index contributed by atoms with van der Waals surface area (Å²) in [5.74, 6) is 0. The number of hydrogen-bond donors (Lipinski definition) is 1.